The SMILES string of the molecule is O=C(OCCOC1CCCCC1)C1C2=CCC(C2)C1C(=O)OCCOC1CCCCC1. The van der Waals surface area contributed by atoms with Crippen molar-refractivity contribution in [3.05, 3.63) is 11.6 Å². The first kappa shape index (κ1) is 22.8. The van der Waals surface area contributed by atoms with Gasteiger partial charge in [0.2, 0.25) is 0 Å². The standard InChI is InChI=1S/C25H38O6/c26-24(30-15-13-28-20-7-3-1-4-8-20)22-18-11-12-19(17-18)23(22)25(27)31-16-14-29-21-9-5-2-6-10-21/h11,19-23H,1-10,12-17H2. The summed E-state index contributed by atoms with van der Waals surface area (Å²) >= 11 is 0. The smallest absolute Gasteiger partial charge is 0.314 e. The molecule has 0 aromatic carbocycles. The number of hydrogen-bond acceptors (Lipinski definition) is 6. The summed E-state index contributed by atoms with van der Waals surface area (Å²) in [6.45, 7) is 1.37. The number of carbonyl (C=O) groups is 2. The molecule has 4 aliphatic rings. The molecule has 174 valence electrons. The number of ether oxygens (including phenoxy) is 4. The largest absolute Gasteiger partial charge is 0.463 e. The van der Waals surface area contributed by atoms with E-state index in [4.69, 9.17) is 18.9 Å². The molecule has 0 aromatic heterocycles. The predicted octanol–water partition coefficient (Wildman–Crippen LogP) is 4.35. The number of hydrogen-bond donors (Lipinski definition) is 0. The second kappa shape index (κ2) is 11.5. The molecule has 4 aliphatic carbocycles. The van der Waals surface area contributed by atoms with Crippen LogP contribution < -0.4 is 0 Å². The molecule has 3 unspecified atom stereocenters. The molecule has 0 heterocycles. The van der Waals surface area contributed by atoms with Crippen molar-refractivity contribution < 1.29 is 28.5 Å². The van der Waals surface area contributed by atoms with E-state index in [1.54, 1.807) is 0 Å². The molecule has 31 heavy (non-hydrogen) atoms. The number of carbonyl (C=O) groups excluding carboxylic acids is 2. The normalized spacial score (nSPS) is 29.0. The van der Waals surface area contributed by atoms with Crippen molar-refractivity contribution in [2.24, 2.45) is 17.8 Å². The van der Waals surface area contributed by atoms with Gasteiger partial charge in [0.1, 0.15) is 13.2 Å². The Morgan fingerprint density at radius 2 is 1.29 bits per heavy atom. The van der Waals surface area contributed by atoms with Gasteiger partial charge in [-0.05, 0) is 44.4 Å². The van der Waals surface area contributed by atoms with Crippen LogP contribution in [0.4, 0.5) is 0 Å². The zero-order chi connectivity index (χ0) is 21.5. The maximum absolute atomic E-state index is 12.8. The van der Waals surface area contributed by atoms with Crippen molar-refractivity contribution in [1.29, 1.82) is 0 Å². The molecule has 6 heteroatoms. The van der Waals surface area contributed by atoms with Crippen molar-refractivity contribution >= 4 is 11.9 Å². The summed E-state index contributed by atoms with van der Waals surface area (Å²) in [6, 6.07) is 0. The number of fused-ring (bicyclic) bond motifs is 2. The topological polar surface area (TPSA) is 71.1 Å². The van der Waals surface area contributed by atoms with Crippen LogP contribution >= 0.6 is 0 Å². The van der Waals surface area contributed by atoms with Crippen molar-refractivity contribution in [1.82, 2.24) is 0 Å². The fourth-order valence-electron chi connectivity index (χ4n) is 5.79. The summed E-state index contributed by atoms with van der Waals surface area (Å²) in [5.74, 6) is -1.32. The van der Waals surface area contributed by atoms with Gasteiger partial charge in [-0.15, -0.1) is 0 Å². The number of esters is 2. The molecule has 4 rings (SSSR count). The molecular weight excluding hydrogens is 396 g/mol. The van der Waals surface area contributed by atoms with Crippen LogP contribution in [0.25, 0.3) is 0 Å². The molecule has 3 fully saturated rings. The van der Waals surface area contributed by atoms with E-state index in [2.05, 4.69) is 6.08 Å². The number of rotatable bonds is 10. The average Bonchev–Trinajstić information content (AvgIpc) is 3.43. The van der Waals surface area contributed by atoms with Crippen LogP contribution in [0, 0.1) is 17.8 Å². The highest BCUT2D eigenvalue weighted by molar-refractivity contribution is 5.86. The third-order valence-corrected chi connectivity index (χ3v) is 7.44. The lowest BCUT2D eigenvalue weighted by atomic mass is 9.83. The zero-order valence-corrected chi connectivity index (χ0v) is 18.7. The van der Waals surface area contributed by atoms with Crippen molar-refractivity contribution in [3.63, 3.8) is 0 Å². The van der Waals surface area contributed by atoms with Crippen LogP contribution in [-0.4, -0.2) is 50.6 Å². The molecule has 6 nitrogen and oxygen atoms in total. The summed E-state index contributed by atoms with van der Waals surface area (Å²) in [6.07, 6.45) is 16.2. The summed E-state index contributed by atoms with van der Waals surface area (Å²) in [5, 5.41) is 0. The van der Waals surface area contributed by atoms with E-state index in [-0.39, 0.29) is 31.1 Å². The van der Waals surface area contributed by atoms with Crippen LogP contribution in [0.5, 0.6) is 0 Å². The zero-order valence-electron chi connectivity index (χ0n) is 18.7. The van der Waals surface area contributed by atoms with E-state index in [1.807, 2.05) is 0 Å². The maximum atomic E-state index is 12.8. The molecule has 0 aliphatic heterocycles. The molecule has 0 aromatic rings. The van der Waals surface area contributed by atoms with Gasteiger partial charge in [-0.1, -0.05) is 50.2 Å². The first-order chi connectivity index (χ1) is 15.2. The minimum atomic E-state index is -0.486. The fraction of sp³-hybridized carbons (Fsp3) is 0.840. The monoisotopic (exact) mass is 434 g/mol. The van der Waals surface area contributed by atoms with Gasteiger partial charge < -0.3 is 18.9 Å². The van der Waals surface area contributed by atoms with Crippen molar-refractivity contribution in [3.8, 4) is 0 Å². The number of allylic oxidation sites excluding steroid dienone is 1. The highest BCUT2D eigenvalue weighted by Crippen LogP contribution is 2.49. The summed E-state index contributed by atoms with van der Waals surface area (Å²) < 4.78 is 22.8. The molecule has 3 saturated carbocycles. The Labute approximate surface area is 186 Å². The Kier molecular flexibility index (Phi) is 8.42. The van der Waals surface area contributed by atoms with E-state index < -0.39 is 11.8 Å². The first-order valence-corrected chi connectivity index (χ1v) is 12.5. The van der Waals surface area contributed by atoms with E-state index >= 15 is 0 Å². The third kappa shape index (κ3) is 6.10. The summed E-state index contributed by atoms with van der Waals surface area (Å²) in [7, 11) is 0. The van der Waals surface area contributed by atoms with Gasteiger partial charge in [0.05, 0.1) is 37.3 Å². The Bertz CT molecular complexity index is 632. The molecule has 0 amide bonds. The highest BCUT2D eigenvalue weighted by atomic mass is 16.6. The van der Waals surface area contributed by atoms with Crippen LogP contribution in [0.15, 0.2) is 11.6 Å². The molecule has 0 spiro atoms. The van der Waals surface area contributed by atoms with Crippen molar-refractivity contribution in [2.45, 2.75) is 89.3 Å². The highest BCUT2D eigenvalue weighted by Gasteiger charge is 2.51. The van der Waals surface area contributed by atoms with Crippen LogP contribution in [0.2, 0.25) is 0 Å². The quantitative estimate of drug-likeness (QED) is 0.289. The lowest BCUT2D eigenvalue weighted by molar-refractivity contribution is -0.162. The lowest BCUT2D eigenvalue weighted by Crippen LogP contribution is -2.35. The van der Waals surface area contributed by atoms with E-state index in [1.165, 1.54) is 38.5 Å². The second-order valence-electron chi connectivity index (χ2n) is 9.58. The lowest BCUT2D eigenvalue weighted by Gasteiger charge is -2.25. The minimum absolute atomic E-state index is 0.165. The average molecular weight is 435 g/mol. The second-order valence-corrected chi connectivity index (χ2v) is 9.58. The van der Waals surface area contributed by atoms with E-state index in [9.17, 15) is 9.59 Å². The summed E-state index contributed by atoms with van der Waals surface area (Å²) in [4.78, 5) is 25.6. The predicted molar refractivity (Wildman–Crippen MR) is 115 cm³/mol. The van der Waals surface area contributed by atoms with Crippen molar-refractivity contribution in [2.75, 3.05) is 26.4 Å². The molecule has 3 atom stereocenters. The van der Waals surface area contributed by atoms with E-state index in [0.29, 0.717) is 25.4 Å². The Morgan fingerprint density at radius 3 is 1.87 bits per heavy atom. The Balaban J connectivity index is 1.19. The molecule has 0 radical (unpaired) electrons. The van der Waals surface area contributed by atoms with Gasteiger partial charge in [0.25, 0.3) is 0 Å². The third-order valence-electron chi connectivity index (χ3n) is 7.44. The van der Waals surface area contributed by atoms with Crippen LogP contribution in [-0.2, 0) is 28.5 Å². The van der Waals surface area contributed by atoms with Gasteiger partial charge in [-0.3, -0.25) is 9.59 Å². The van der Waals surface area contributed by atoms with Gasteiger partial charge in [0, 0.05) is 0 Å². The maximum Gasteiger partial charge on any atom is 0.314 e. The van der Waals surface area contributed by atoms with Gasteiger partial charge >= 0.3 is 11.9 Å². The minimum Gasteiger partial charge on any atom is -0.463 e. The molecule has 0 saturated heterocycles. The van der Waals surface area contributed by atoms with Gasteiger partial charge in [0.15, 0.2) is 0 Å². The summed E-state index contributed by atoms with van der Waals surface area (Å²) in [5.41, 5.74) is 1.05. The van der Waals surface area contributed by atoms with Gasteiger partial charge in [-0.25, -0.2) is 0 Å². The Hall–Kier alpha value is -1.40. The molecule has 2 bridgehead atoms. The Morgan fingerprint density at radius 1 is 0.742 bits per heavy atom. The van der Waals surface area contributed by atoms with Crippen LogP contribution in [0.3, 0.4) is 0 Å². The van der Waals surface area contributed by atoms with Gasteiger partial charge in [-0.2, -0.15) is 0 Å². The molecule has 0 N–H and O–H groups in total. The first-order valence-electron chi connectivity index (χ1n) is 12.5. The fourth-order valence-corrected chi connectivity index (χ4v) is 5.79. The molecular formula is C25H38O6. The van der Waals surface area contributed by atoms with E-state index in [0.717, 1.165) is 44.1 Å². The van der Waals surface area contributed by atoms with Crippen LogP contribution in [0.1, 0.15) is 77.0 Å².